The second-order valence-corrected chi connectivity index (χ2v) is 2.84. The fourth-order valence-corrected chi connectivity index (χ4v) is 1.11. The van der Waals surface area contributed by atoms with Crippen molar-refractivity contribution in [1.82, 2.24) is 10.3 Å². The number of amides is 1. The van der Waals surface area contributed by atoms with Gasteiger partial charge in [0, 0.05) is 0 Å². The number of aryl methyl sites for hydroxylation is 1. The summed E-state index contributed by atoms with van der Waals surface area (Å²) in [6, 6.07) is 3.20. The molecule has 0 bridgehead atoms. The van der Waals surface area contributed by atoms with Gasteiger partial charge in [0.2, 0.25) is 5.82 Å². The number of carbonyl (C=O) groups is 1. The molecule has 0 aliphatic heterocycles. The smallest absolute Gasteiger partial charge is 0.292 e. The van der Waals surface area contributed by atoms with Gasteiger partial charge in [-0.15, -0.1) is 0 Å². The second kappa shape index (κ2) is 3.95. The van der Waals surface area contributed by atoms with Gasteiger partial charge in [-0.05, 0) is 23.7 Å². The molecular weight excluding hydrogens is 198 g/mol. The molecule has 6 heteroatoms. The van der Waals surface area contributed by atoms with Crippen molar-refractivity contribution in [1.29, 1.82) is 0 Å². The van der Waals surface area contributed by atoms with Crippen LogP contribution >= 0.6 is 0 Å². The van der Waals surface area contributed by atoms with Crippen molar-refractivity contribution in [3.63, 3.8) is 0 Å². The van der Waals surface area contributed by atoms with E-state index >= 15 is 0 Å². The third-order valence-corrected chi connectivity index (χ3v) is 1.87. The molecule has 15 heavy (non-hydrogen) atoms. The Morgan fingerprint density at radius 1 is 1.53 bits per heavy atom. The van der Waals surface area contributed by atoms with Gasteiger partial charge < -0.3 is 4.42 Å². The SMILES string of the molecule is CCc1nonc1NC(=O)c1ccco1. The van der Waals surface area contributed by atoms with Crippen LogP contribution < -0.4 is 5.32 Å². The number of anilines is 1. The van der Waals surface area contributed by atoms with E-state index in [0.717, 1.165) is 0 Å². The lowest BCUT2D eigenvalue weighted by molar-refractivity contribution is 0.0995. The minimum absolute atomic E-state index is 0.222. The summed E-state index contributed by atoms with van der Waals surface area (Å²) in [5, 5.41) is 9.76. The monoisotopic (exact) mass is 207 g/mol. The number of hydrogen-bond acceptors (Lipinski definition) is 5. The average Bonchev–Trinajstić information content (AvgIpc) is 2.87. The van der Waals surface area contributed by atoms with E-state index in [4.69, 9.17) is 4.42 Å². The molecule has 0 radical (unpaired) electrons. The summed E-state index contributed by atoms with van der Waals surface area (Å²) < 4.78 is 9.44. The van der Waals surface area contributed by atoms with E-state index in [9.17, 15) is 4.79 Å². The first-order valence-corrected chi connectivity index (χ1v) is 4.47. The molecule has 0 saturated carbocycles. The lowest BCUT2D eigenvalue weighted by Gasteiger charge is -1.98. The Kier molecular flexibility index (Phi) is 2.49. The van der Waals surface area contributed by atoms with E-state index in [-0.39, 0.29) is 11.7 Å². The molecule has 6 nitrogen and oxygen atoms in total. The molecule has 2 aromatic heterocycles. The summed E-state index contributed by atoms with van der Waals surface area (Å²) in [5.74, 6) is 0.185. The fraction of sp³-hybridized carbons (Fsp3) is 0.222. The Hall–Kier alpha value is -2.11. The highest BCUT2D eigenvalue weighted by Crippen LogP contribution is 2.11. The maximum absolute atomic E-state index is 11.5. The Labute approximate surface area is 85.2 Å². The summed E-state index contributed by atoms with van der Waals surface area (Å²) in [4.78, 5) is 11.5. The van der Waals surface area contributed by atoms with Gasteiger partial charge in [0.25, 0.3) is 5.91 Å². The van der Waals surface area contributed by atoms with Gasteiger partial charge in [0.15, 0.2) is 5.76 Å². The number of hydrogen-bond donors (Lipinski definition) is 1. The molecule has 0 aliphatic carbocycles. The third-order valence-electron chi connectivity index (χ3n) is 1.87. The van der Waals surface area contributed by atoms with Gasteiger partial charge in [-0.2, -0.15) is 0 Å². The minimum Gasteiger partial charge on any atom is -0.459 e. The van der Waals surface area contributed by atoms with Gasteiger partial charge in [-0.25, -0.2) is 4.63 Å². The van der Waals surface area contributed by atoms with E-state index in [2.05, 4.69) is 20.3 Å². The van der Waals surface area contributed by atoms with E-state index < -0.39 is 0 Å². The summed E-state index contributed by atoms with van der Waals surface area (Å²) >= 11 is 0. The van der Waals surface area contributed by atoms with Gasteiger partial charge >= 0.3 is 0 Å². The van der Waals surface area contributed by atoms with E-state index in [1.165, 1.54) is 6.26 Å². The number of aromatic nitrogens is 2. The molecule has 0 saturated heterocycles. The molecule has 0 aliphatic rings. The minimum atomic E-state index is -0.370. The van der Waals surface area contributed by atoms with Crippen molar-refractivity contribution >= 4 is 11.7 Å². The van der Waals surface area contributed by atoms with Crippen molar-refractivity contribution in [3.8, 4) is 0 Å². The van der Waals surface area contributed by atoms with Gasteiger partial charge in [0.05, 0.1) is 6.26 Å². The molecule has 1 amide bonds. The summed E-state index contributed by atoms with van der Waals surface area (Å²) in [7, 11) is 0. The molecule has 1 N–H and O–H groups in total. The van der Waals surface area contributed by atoms with Crippen LogP contribution in [-0.2, 0) is 6.42 Å². The number of furan rings is 1. The van der Waals surface area contributed by atoms with Crippen LogP contribution in [0, 0.1) is 0 Å². The van der Waals surface area contributed by atoms with Gasteiger partial charge in [0.1, 0.15) is 5.69 Å². The molecule has 0 spiro atoms. The Morgan fingerprint density at radius 3 is 3.07 bits per heavy atom. The maximum Gasteiger partial charge on any atom is 0.292 e. The molecular formula is C9H9N3O3. The fourth-order valence-electron chi connectivity index (χ4n) is 1.11. The van der Waals surface area contributed by atoms with Crippen molar-refractivity contribution in [2.24, 2.45) is 0 Å². The van der Waals surface area contributed by atoms with E-state index in [0.29, 0.717) is 17.9 Å². The van der Waals surface area contributed by atoms with Crippen LogP contribution in [0.15, 0.2) is 27.4 Å². The number of rotatable bonds is 3. The highest BCUT2D eigenvalue weighted by atomic mass is 16.6. The molecule has 0 fully saturated rings. The molecule has 0 aromatic carbocycles. The van der Waals surface area contributed by atoms with Gasteiger partial charge in [-0.1, -0.05) is 12.1 Å². The number of nitrogens with one attached hydrogen (secondary N) is 1. The Balaban J connectivity index is 2.13. The first-order valence-electron chi connectivity index (χ1n) is 4.47. The van der Waals surface area contributed by atoms with Crippen LogP contribution in [0.2, 0.25) is 0 Å². The van der Waals surface area contributed by atoms with Crippen LogP contribution in [0.25, 0.3) is 0 Å². The van der Waals surface area contributed by atoms with Crippen LogP contribution in [0.3, 0.4) is 0 Å². The quantitative estimate of drug-likeness (QED) is 0.824. The predicted molar refractivity (Wildman–Crippen MR) is 50.3 cm³/mol. The molecule has 2 heterocycles. The van der Waals surface area contributed by atoms with Crippen molar-refractivity contribution < 1.29 is 13.8 Å². The lowest BCUT2D eigenvalue weighted by Crippen LogP contribution is -2.12. The largest absolute Gasteiger partial charge is 0.459 e. The molecule has 0 unspecified atom stereocenters. The average molecular weight is 207 g/mol. The van der Waals surface area contributed by atoms with Crippen LogP contribution in [-0.4, -0.2) is 16.2 Å². The normalized spacial score (nSPS) is 10.2. The topological polar surface area (TPSA) is 81.2 Å². The molecule has 2 rings (SSSR count). The highest BCUT2D eigenvalue weighted by molar-refractivity contribution is 6.01. The zero-order valence-electron chi connectivity index (χ0n) is 8.06. The maximum atomic E-state index is 11.5. The molecule has 0 atom stereocenters. The second-order valence-electron chi connectivity index (χ2n) is 2.84. The zero-order valence-corrected chi connectivity index (χ0v) is 8.06. The van der Waals surface area contributed by atoms with Gasteiger partial charge in [-0.3, -0.25) is 10.1 Å². The van der Waals surface area contributed by atoms with E-state index in [1.54, 1.807) is 12.1 Å². The summed E-state index contributed by atoms with van der Waals surface area (Å²) in [5.41, 5.74) is 0.606. The van der Waals surface area contributed by atoms with Crippen molar-refractivity contribution in [2.75, 3.05) is 5.32 Å². The molecule has 78 valence electrons. The zero-order chi connectivity index (χ0) is 10.7. The first kappa shape index (κ1) is 9.45. The van der Waals surface area contributed by atoms with Crippen LogP contribution in [0.4, 0.5) is 5.82 Å². The van der Waals surface area contributed by atoms with E-state index in [1.807, 2.05) is 6.92 Å². The van der Waals surface area contributed by atoms with Crippen LogP contribution in [0.1, 0.15) is 23.2 Å². The van der Waals surface area contributed by atoms with Crippen molar-refractivity contribution in [2.45, 2.75) is 13.3 Å². The highest BCUT2D eigenvalue weighted by Gasteiger charge is 2.14. The Morgan fingerprint density at radius 2 is 2.40 bits per heavy atom. The standard InChI is InChI=1S/C9H9N3O3/c1-2-6-8(12-15-11-6)10-9(13)7-4-3-5-14-7/h3-5H,2H2,1H3,(H,10,12,13). The summed E-state index contributed by atoms with van der Waals surface area (Å²) in [6.07, 6.45) is 2.06. The summed E-state index contributed by atoms with van der Waals surface area (Å²) in [6.45, 7) is 1.89. The lowest BCUT2D eigenvalue weighted by atomic mass is 10.3. The molecule has 2 aromatic rings. The third kappa shape index (κ3) is 1.88. The number of carbonyl (C=O) groups excluding carboxylic acids is 1. The predicted octanol–water partition coefficient (Wildman–Crippen LogP) is 1.48. The Bertz CT molecular complexity index is 447. The van der Waals surface area contributed by atoms with Crippen LogP contribution in [0.5, 0.6) is 0 Å². The first-order chi connectivity index (χ1) is 7.31. The number of nitrogens with zero attached hydrogens (tertiary/aromatic N) is 2. The van der Waals surface area contributed by atoms with Crippen molar-refractivity contribution in [3.05, 3.63) is 29.9 Å².